The topological polar surface area (TPSA) is 47.0 Å². The third-order valence-corrected chi connectivity index (χ3v) is 4.42. The molecule has 0 aliphatic rings. The lowest BCUT2D eigenvalue weighted by Crippen LogP contribution is -2.04. The van der Waals surface area contributed by atoms with E-state index in [1.807, 2.05) is 22.6 Å². The molecule has 0 spiro atoms. The first-order valence-electron chi connectivity index (χ1n) is 4.62. The van der Waals surface area contributed by atoms with Gasteiger partial charge in [-0.05, 0) is 59.0 Å². The number of sulfone groups is 1. The lowest BCUT2D eigenvalue weighted by Gasteiger charge is -2.03. The smallest absolute Gasteiger partial charge is 0.223 e. The quantitative estimate of drug-likeness (QED) is 0.609. The van der Waals surface area contributed by atoms with Crippen LogP contribution in [0.2, 0.25) is 0 Å². The second-order valence-electron chi connectivity index (χ2n) is 3.27. The SMILES string of the molecule is O=S(=O)(c1ccc(F)cc1)c1ccc(I)cn1. The molecule has 17 heavy (non-hydrogen) atoms. The van der Waals surface area contributed by atoms with Crippen LogP contribution in [0.15, 0.2) is 52.5 Å². The highest BCUT2D eigenvalue weighted by Gasteiger charge is 2.18. The van der Waals surface area contributed by atoms with Crippen molar-refractivity contribution in [2.75, 3.05) is 0 Å². The minimum atomic E-state index is -3.65. The Morgan fingerprint density at radius 1 is 1.06 bits per heavy atom. The Morgan fingerprint density at radius 3 is 2.24 bits per heavy atom. The molecule has 0 unspecified atom stereocenters. The number of aromatic nitrogens is 1. The summed E-state index contributed by atoms with van der Waals surface area (Å²) in [6.07, 6.45) is 1.47. The van der Waals surface area contributed by atoms with Crippen molar-refractivity contribution in [2.45, 2.75) is 9.92 Å². The van der Waals surface area contributed by atoms with E-state index < -0.39 is 15.7 Å². The summed E-state index contributed by atoms with van der Waals surface area (Å²) < 4.78 is 37.7. The molecule has 0 saturated carbocycles. The summed E-state index contributed by atoms with van der Waals surface area (Å²) in [5.74, 6) is -0.473. The predicted molar refractivity (Wildman–Crippen MR) is 68.8 cm³/mol. The number of hydrogen-bond donors (Lipinski definition) is 0. The van der Waals surface area contributed by atoms with Gasteiger partial charge in [-0.1, -0.05) is 0 Å². The van der Waals surface area contributed by atoms with Gasteiger partial charge in [0.05, 0.1) is 4.90 Å². The van der Waals surface area contributed by atoms with Gasteiger partial charge in [-0.2, -0.15) is 0 Å². The molecule has 0 N–H and O–H groups in total. The van der Waals surface area contributed by atoms with Crippen molar-refractivity contribution in [3.63, 3.8) is 0 Å². The standard InChI is InChI=1S/C11H7FINO2S/c12-8-1-4-10(5-2-8)17(15,16)11-6-3-9(13)7-14-11/h1-7H. The zero-order valence-corrected chi connectivity index (χ0v) is 11.4. The minimum absolute atomic E-state index is 0.0348. The van der Waals surface area contributed by atoms with Gasteiger partial charge in [-0.25, -0.2) is 17.8 Å². The van der Waals surface area contributed by atoms with Crippen LogP contribution in [-0.2, 0) is 9.84 Å². The first kappa shape index (κ1) is 12.4. The van der Waals surface area contributed by atoms with Crippen molar-refractivity contribution in [1.29, 1.82) is 0 Å². The lowest BCUT2D eigenvalue weighted by molar-refractivity contribution is 0.591. The molecule has 1 aromatic heterocycles. The highest BCUT2D eigenvalue weighted by molar-refractivity contribution is 14.1. The van der Waals surface area contributed by atoms with E-state index in [1.54, 1.807) is 6.07 Å². The molecule has 88 valence electrons. The van der Waals surface area contributed by atoms with Crippen molar-refractivity contribution in [2.24, 2.45) is 0 Å². The molecule has 1 heterocycles. The first-order valence-corrected chi connectivity index (χ1v) is 7.18. The van der Waals surface area contributed by atoms with Gasteiger partial charge in [0.1, 0.15) is 5.82 Å². The number of benzene rings is 1. The molecule has 0 atom stereocenters. The molecule has 0 bridgehead atoms. The second-order valence-corrected chi connectivity index (χ2v) is 6.41. The van der Waals surface area contributed by atoms with Crippen LogP contribution in [0.5, 0.6) is 0 Å². The van der Waals surface area contributed by atoms with E-state index in [-0.39, 0.29) is 9.92 Å². The fourth-order valence-corrected chi connectivity index (χ4v) is 2.75. The van der Waals surface area contributed by atoms with Crippen LogP contribution in [0.3, 0.4) is 0 Å². The number of halogens is 2. The molecule has 2 rings (SSSR count). The largest absolute Gasteiger partial charge is 0.243 e. The molecule has 2 aromatic rings. The zero-order valence-electron chi connectivity index (χ0n) is 8.47. The van der Waals surface area contributed by atoms with Gasteiger partial charge in [0, 0.05) is 9.77 Å². The number of pyridine rings is 1. The molecular formula is C11H7FINO2S. The second kappa shape index (κ2) is 4.69. The van der Waals surface area contributed by atoms with E-state index in [0.717, 1.165) is 15.7 Å². The molecule has 6 heteroatoms. The predicted octanol–water partition coefficient (Wildman–Crippen LogP) is 2.66. The Balaban J connectivity index is 2.50. The summed E-state index contributed by atoms with van der Waals surface area (Å²) in [7, 11) is -3.65. The van der Waals surface area contributed by atoms with Crippen LogP contribution in [0.1, 0.15) is 0 Å². The number of hydrogen-bond acceptors (Lipinski definition) is 3. The minimum Gasteiger partial charge on any atom is -0.243 e. The van der Waals surface area contributed by atoms with Crippen molar-refractivity contribution in [3.8, 4) is 0 Å². The highest BCUT2D eigenvalue weighted by atomic mass is 127. The van der Waals surface area contributed by atoms with Gasteiger partial charge in [0.15, 0.2) is 5.03 Å². The first-order chi connectivity index (χ1) is 8.00. The van der Waals surface area contributed by atoms with Crippen LogP contribution < -0.4 is 0 Å². The van der Waals surface area contributed by atoms with E-state index in [9.17, 15) is 12.8 Å². The van der Waals surface area contributed by atoms with E-state index >= 15 is 0 Å². The Kier molecular flexibility index (Phi) is 3.43. The van der Waals surface area contributed by atoms with Crippen molar-refractivity contribution < 1.29 is 12.8 Å². The van der Waals surface area contributed by atoms with Gasteiger partial charge < -0.3 is 0 Å². The van der Waals surface area contributed by atoms with E-state index in [2.05, 4.69) is 4.98 Å². The van der Waals surface area contributed by atoms with Gasteiger partial charge in [0.2, 0.25) is 9.84 Å². The maximum absolute atomic E-state index is 12.7. The van der Waals surface area contributed by atoms with Crippen LogP contribution >= 0.6 is 22.6 Å². The average Bonchev–Trinajstić information content (AvgIpc) is 2.30. The summed E-state index contributed by atoms with van der Waals surface area (Å²) in [6.45, 7) is 0. The van der Waals surface area contributed by atoms with Gasteiger partial charge >= 0.3 is 0 Å². The van der Waals surface area contributed by atoms with Crippen molar-refractivity contribution in [3.05, 3.63) is 52.0 Å². The molecule has 3 nitrogen and oxygen atoms in total. The average molecular weight is 363 g/mol. The van der Waals surface area contributed by atoms with Crippen molar-refractivity contribution in [1.82, 2.24) is 4.98 Å². The summed E-state index contributed by atoms with van der Waals surface area (Å²) >= 11 is 2.04. The zero-order chi connectivity index (χ0) is 12.5. The summed E-state index contributed by atoms with van der Waals surface area (Å²) in [5.41, 5.74) is 0. The van der Waals surface area contributed by atoms with Gasteiger partial charge in [0.25, 0.3) is 0 Å². The van der Waals surface area contributed by atoms with E-state index in [4.69, 9.17) is 0 Å². The Morgan fingerprint density at radius 2 is 1.71 bits per heavy atom. The van der Waals surface area contributed by atoms with E-state index in [1.165, 1.54) is 24.4 Å². The maximum Gasteiger partial charge on any atom is 0.223 e. The Bertz CT molecular complexity index is 572. The molecule has 0 radical (unpaired) electrons. The fraction of sp³-hybridized carbons (Fsp3) is 0. The Hall–Kier alpha value is -1.02. The normalized spacial score (nSPS) is 11.4. The molecule has 0 fully saturated rings. The lowest BCUT2D eigenvalue weighted by atomic mass is 10.4. The third-order valence-electron chi connectivity index (χ3n) is 2.10. The monoisotopic (exact) mass is 363 g/mol. The molecule has 0 amide bonds. The van der Waals surface area contributed by atoms with Crippen LogP contribution in [0.4, 0.5) is 4.39 Å². The molecule has 0 aliphatic heterocycles. The maximum atomic E-state index is 12.7. The summed E-state index contributed by atoms with van der Waals surface area (Å²) in [4.78, 5) is 3.89. The van der Waals surface area contributed by atoms with Crippen LogP contribution in [-0.4, -0.2) is 13.4 Å². The molecule has 0 saturated heterocycles. The van der Waals surface area contributed by atoms with Gasteiger partial charge in [-0.3, -0.25) is 0 Å². The van der Waals surface area contributed by atoms with Crippen LogP contribution in [0.25, 0.3) is 0 Å². The molecule has 0 aliphatic carbocycles. The highest BCUT2D eigenvalue weighted by Crippen LogP contribution is 2.19. The van der Waals surface area contributed by atoms with E-state index in [0.29, 0.717) is 0 Å². The number of rotatable bonds is 2. The fourth-order valence-electron chi connectivity index (χ4n) is 1.26. The number of nitrogens with zero attached hydrogens (tertiary/aromatic N) is 1. The third kappa shape index (κ3) is 2.63. The van der Waals surface area contributed by atoms with Crippen LogP contribution in [0, 0.1) is 9.39 Å². The van der Waals surface area contributed by atoms with Gasteiger partial charge in [-0.15, -0.1) is 0 Å². The molecular weight excluding hydrogens is 356 g/mol. The van der Waals surface area contributed by atoms with Crippen molar-refractivity contribution >= 4 is 32.4 Å². The summed E-state index contributed by atoms with van der Waals surface area (Å²) in [5, 5.41) is -0.0375. The Labute approximate surface area is 112 Å². The summed E-state index contributed by atoms with van der Waals surface area (Å²) in [6, 6.07) is 7.76. The molecule has 1 aromatic carbocycles.